The average Bonchev–Trinajstić information content (AvgIpc) is 2.17. The molecule has 0 bridgehead atoms. The fraction of sp³-hybridized carbons (Fsp3) is 0.909. The molecular formula is C11H24N2O2. The van der Waals surface area contributed by atoms with E-state index in [0.717, 1.165) is 12.8 Å². The smallest absolute Gasteiger partial charge is 0.323 e. The lowest BCUT2D eigenvalue weighted by Gasteiger charge is -2.19. The molecule has 15 heavy (non-hydrogen) atoms. The predicted octanol–water partition coefficient (Wildman–Crippen LogP) is 1.03. The van der Waals surface area contributed by atoms with Crippen molar-refractivity contribution in [1.82, 2.24) is 0 Å². The summed E-state index contributed by atoms with van der Waals surface area (Å²) in [5.41, 5.74) is 11.0. The van der Waals surface area contributed by atoms with Gasteiger partial charge in [-0.3, -0.25) is 4.79 Å². The van der Waals surface area contributed by atoms with Crippen molar-refractivity contribution in [1.29, 1.82) is 0 Å². The van der Waals surface area contributed by atoms with Gasteiger partial charge in [0.15, 0.2) is 0 Å². The number of nitrogens with two attached hydrogens (primary N) is 2. The van der Waals surface area contributed by atoms with Gasteiger partial charge in [-0.05, 0) is 32.2 Å². The highest BCUT2D eigenvalue weighted by Gasteiger charge is 2.18. The molecule has 0 amide bonds. The van der Waals surface area contributed by atoms with E-state index in [-0.39, 0.29) is 12.1 Å². The molecular weight excluding hydrogens is 192 g/mol. The first-order chi connectivity index (χ1) is 6.99. The van der Waals surface area contributed by atoms with Gasteiger partial charge in [0.25, 0.3) is 0 Å². The third kappa shape index (κ3) is 6.47. The van der Waals surface area contributed by atoms with E-state index in [4.69, 9.17) is 16.2 Å². The highest BCUT2D eigenvalue weighted by Crippen LogP contribution is 2.08. The number of ether oxygens (including phenoxy) is 1. The topological polar surface area (TPSA) is 78.3 Å². The van der Waals surface area contributed by atoms with Gasteiger partial charge in [0.1, 0.15) is 12.1 Å². The second-order valence-electron chi connectivity index (χ2n) is 4.28. The minimum absolute atomic E-state index is 0.0712. The van der Waals surface area contributed by atoms with Crippen LogP contribution in [0.4, 0.5) is 0 Å². The maximum absolute atomic E-state index is 11.5. The van der Waals surface area contributed by atoms with Crippen LogP contribution in [0.2, 0.25) is 0 Å². The lowest BCUT2D eigenvalue weighted by molar-refractivity contribution is -0.152. The molecule has 0 heterocycles. The Morgan fingerprint density at radius 2 is 1.87 bits per heavy atom. The van der Waals surface area contributed by atoms with E-state index >= 15 is 0 Å². The van der Waals surface area contributed by atoms with Crippen LogP contribution in [-0.2, 0) is 9.53 Å². The molecule has 0 saturated heterocycles. The first kappa shape index (κ1) is 14.4. The van der Waals surface area contributed by atoms with Gasteiger partial charge in [-0.15, -0.1) is 0 Å². The van der Waals surface area contributed by atoms with Crippen molar-refractivity contribution in [2.24, 2.45) is 17.4 Å². The Balaban J connectivity index is 3.78. The molecule has 0 aromatic heterocycles. The molecule has 0 fully saturated rings. The quantitative estimate of drug-likeness (QED) is 0.492. The van der Waals surface area contributed by atoms with Gasteiger partial charge in [0.2, 0.25) is 0 Å². The molecule has 0 aliphatic rings. The SMILES string of the molecule is CC(C)[C@H](C)OC(=O)[C@H](N)CCCCN. The monoisotopic (exact) mass is 216 g/mol. The molecule has 0 radical (unpaired) electrons. The summed E-state index contributed by atoms with van der Waals surface area (Å²) in [4.78, 5) is 11.5. The highest BCUT2D eigenvalue weighted by molar-refractivity contribution is 5.75. The van der Waals surface area contributed by atoms with E-state index in [1.807, 2.05) is 20.8 Å². The van der Waals surface area contributed by atoms with Crippen LogP contribution in [0, 0.1) is 5.92 Å². The van der Waals surface area contributed by atoms with E-state index in [2.05, 4.69) is 0 Å². The van der Waals surface area contributed by atoms with Gasteiger partial charge < -0.3 is 16.2 Å². The van der Waals surface area contributed by atoms with Crippen molar-refractivity contribution in [2.45, 2.75) is 52.2 Å². The van der Waals surface area contributed by atoms with Crippen LogP contribution in [0.15, 0.2) is 0 Å². The van der Waals surface area contributed by atoms with E-state index < -0.39 is 6.04 Å². The Labute approximate surface area is 92.3 Å². The largest absolute Gasteiger partial charge is 0.461 e. The summed E-state index contributed by atoms with van der Waals surface area (Å²) in [6, 6.07) is -0.502. The first-order valence-corrected chi connectivity index (χ1v) is 5.65. The minimum Gasteiger partial charge on any atom is -0.461 e. The van der Waals surface area contributed by atoms with Crippen molar-refractivity contribution in [3.8, 4) is 0 Å². The zero-order chi connectivity index (χ0) is 11.8. The lowest BCUT2D eigenvalue weighted by atomic mass is 10.1. The predicted molar refractivity (Wildman–Crippen MR) is 61.3 cm³/mol. The Bertz CT molecular complexity index is 183. The molecule has 4 nitrogen and oxygen atoms in total. The highest BCUT2D eigenvalue weighted by atomic mass is 16.5. The number of hydrogen-bond donors (Lipinski definition) is 2. The maximum atomic E-state index is 11.5. The zero-order valence-corrected chi connectivity index (χ0v) is 10.0. The minimum atomic E-state index is -0.502. The number of carbonyl (C=O) groups excluding carboxylic acids is 1. The van der Waals surface area contributed by atoms with Crippen molar-refractivity contribution in [2.75, 3.05) is 6.54 Å². The molecule has 90 valence electrons. The van der Waals surface area contributed by atoms with Gasteiger partial charge in [-0.2, -0.15) is 0 Å². The van der Waals surface area contributed by atoms with E-state index in [1.165, 1.54) is 0 Å². The fourth-order valence-electron chi connectivity index (χ4n) is 1.03. The van der Waals surface area contributed by atoms with Gasteiger partial charge >= 0.3 is 5.97 Å². The van der Waals surface area contributed by atoms with E-state index in [0.29, 0.717) is 18.9 Å². The van der Waals surface area contributed by atoms with Gasteiger partial charge in [0.05, 0.1) is 0 Å². The fourth-order valence-corrected chi connectivity index (χ4v) is 1.03. The van der Waals surface area contributed by atoms with E-state index in [9.17, 15) is 4.79 Å². The van der Waals surface area contributed by atoms with Crippen molar-refractivity contribution in [3.05, 3.63) is 0 Å². The number of hydrogen-bond acceptors (Lipinski definition) is 4. The maximum Gasteiger partial charge on any atom is 0.323 e. The summed E-state index contributed by atoms with van der Waals surface area (Å²) in [6.07, 6.45) is 2.36. The first-order valence-electron chi connectivity index (χ1n) is 5.65. The number of rotatable bonds is 7. The van der Waals surface area contributed by atoms with Crippen LogP contribution in [0.3, 0.4) is 0 Å². The molecule has 0 rings (SSSR count). The van der Waals surface area contributed by atoms with Crippen LogP contribution < -0.4 is 11.5 Å². The standard InChI is InChI=1S/C11H24N2O2/c1-8(2)9(3)15-11(14)10(13)6-4-5-7-12/h8-10H,4-7,12-13H2,1-3H3/t9-,10+/m0/s1. The zero-order valence-electron chi connectivity index (χ0n) is 10.0. The van der Waals surface area contributed by atoms with Crippen molar-refractivity contribution in [3.63, 3.8) is 0 Å². The molecule has 4 N–H and O–H groups in total. The Kier molecular flexibility index (Phi) is 7.34. The van der Waals surface area contributed by atoms with Gasteiger partial charge in [-0.25, -0.2) is 0 Å². The molecule has 0 saturated carbocycles. The van der Waals surface area contributed by atoms with Crippen LogP contribution in [0.1, 0.15) is 40.0 Å². The third-order valence-corrected chi connectivity index (χ3v) is 2.51. The normalized spacial score (nSPS) is 15.1. The molecule has 0 spiro atoms. The van der Waals surface area contributed by atoms with Crippen LogP contribution in [0.25, 0.3) is 0 Å². The van der Waals surface area contributed by atoms with Crippen LogP contribution in [-0.4, -0.2) is 24.7 Å². The van der Waals surface area contributed by atoms with Gasteiger partial charge in [0, 0.05) is 0 Å². The van der Waals surface area contributed by atoms with E-state index in [1.54, 1.807) is 0 Å². The summed E-state index contributed by atoms with van der Waals surface area (Å²) in [5, 5.41) is 0. The van der Waals surface area contributed by atoms with Crippen molar-refractivity contribution < 1.29 is 9.53 Å². The molecule has 0 aliphatic carbocycles. The second-order valence-corrected chi connectivity index (χ2v) is 4.28. The summed E-state index contributed by atoms with van der Waals surface area (Å²) in [6.45, 7) is 6.55. The number of unbranched alkanes of at least 4 members (excludes halogenated alkanes) is 1. The number of carbonyl (C=O) groups is 1. The van der Waals surface area contributed by atoms with Crippen LogP contribution in [0.5, 0.6) is 0 Å². The molecule has 0 aromatic carbocycles. The van der Waals surface area contributed by atoms with Crippen LogP contribution >= 0.6 is 0 Å². The molecule has 0 aliphatic heterocycles. The van der Waals surface area contributed by atoms with Gasteiger partial charge in [-0.1, -0.05) is 20.3 Å². The molecule has 4 heteroatoms. The molecule has 0 unspecified atom stereocenters. The lowest BCUT2D eigenvalue weighted by Crippen LogP contribution is -2.35. The Morgan fingerprint density at radius 3 is 2.33 bits per heavy atom. The molecule has 0 aromatic rings. The summed E-state index contributed by atoms with van der Waals surface area (Å²) in [5.74, 6) is 0.0263. The Morgan fingerprint density at radius 1 is 1.27 bits per heavy atom. The summed E-state index contributed by atoms with van der Waals surface area (Å²) in [7, 11) is 0. The second kappa shape index (κ2) is 7.65. The summed E-state index contributed by atoms with van der Waals surface area (Å²) >= 11 is 0. The molecule has 2 atom stereocenters. The summed E-state index contributed by atoms with van der Waals surface area (Å²) < 4.78 is 5.21. The van der Waals surface area contributed by atoms with Crippen molar-refractivity contribution >= 4 is 5.97 Å². The average molecular weight is 216 g/mol. The Hall–Kier alpha value is -0.610. The number of esters is 1. The third-order valence-electron chi connectivity index (χ3n) is 2.51.